The molecule has 6 nitrogen and oxygen atoms in total. The van der Waals surface area contributed by atoms with Crippen molar-refractivity contribution in [3.63, 3.8) is 0 Å². The van der Waals surface area contributed by atoms with Gasteiger partial charge in [0, 0.05) is 26.6 Å². The number of amides is 1. The van der Waals surface area contributed by atoms with E-state index in [1.807, 2.05) is 4.68 Å². The predicted octanol–water partition coefficient (Wildman–Crippen LogP) is 0.160. The van der Waals surface area contributed by atoms with Gasteiger partial charge < -0.3 is 10.6 Å². The average Bonchev–Trinajstić information content (AvgIpc) is 2.64. The van der Waals surface area contributed by atoms with Crippen molar-refractivity contribution in [2.45, 2.75) is 33.9 Å². The van der Waals surface area contributed by atoms with Crippen LogP contribution in [0.1, 0.15) is 26.6 Å². The molecule has 1 rings (SSSR count). The minimum atomic E-state index is -0.00484. The van der Waals surface area contributed by atoms with E-state index in [2.05, 4.69) is 34.6 Å². The van der Waals surface area contributed by atoms with Crippen LogP contribution in [0.15, 0.2) is 6.33 Å². The van der Waals surface area contributed by atoms with E-state index in [0.717, 1.165) is 18.9 Å². The van der Waals surface area contributed by atoms with E-state index in [1.54, 1.807) is 6.33 Å². The standard InChI is InChI=1S/C11H21N5O/c1-9(2)7-16-11(14-8-15-16)6-12-4-5-13-10(3)17/h8-9,12H,4-7H2,1-3H3,(H,13,17). The fourth-order valence-corrected chi connectivity index (χ4v) is 1.45. The molecular formula is C11H21N5O. The molecule has 0 unspecified atom stereocenters. The minimum Gasteiger partial charge on any atom is -0.355 e. The first-order chi connectivity index (χ1) is 8.09. The van der Waals surface area contributed by atoms with Gasteiger partial charge in [-0.2, -0.15) is 5.10 Å². The second-order valence-electron chi connectivity index (χ2n) is 4.41. The van der Waals surface area contributed by atoms with Gasteiger partial charge in [0.2, 0.25) is 5.91 Å². The predicted molar refractivity (Wildman–Crippen MR) is 65.3 cm³/mol. The van der Waals surface area contributed by atoms with Crippen molar-refractivity contribution in [2.24, 2.45) is 5.92 Å². The molecule has 0 spiro atoms. The molecule has 0 bridgehead atoms. The third-order valence-electron chi connectivity index (χ3n) is 2.19. The molecule has 0 saturated heterocycles. The maximum Gasteiger partial charge on any atom is 0.216 e. The fourth-order valence-electron chi connectivity index (χ4n) is 1.45. The number of nitrogens with one attached hydrogen (secondary N) is 2. The zero-order chi connectivity index (χ0) is 12.7. The fraction of sp³-hybridized carbons (Fsp3) is 0.727. The third kappa shape index (κ3) is 5.44. The molecule has 0 atom stereocenters. The van der Waals surface area contributed by atoms with Crippen LogP contribution in [0.3, 0.4) is 0 Å². The molecule has 2 N–H and O–H groups in total. The quantitative estimate of drug-likeness (QED) is 0.665. The van der Waals surface area contributed by atoms with Crippen LogP contribution in [-0.2, 0) is 17.9 Å². The van der Waals surface area contributed by atoms with Crippen molar-refractivity contribution >= 4 is 5.91 Å². The maximum absolute atomic E-state index is 10.6. The smallest absolute Gasteiger partial charge is 0.216 e. The van der Waals surface area contributed by atoms with Gasteiger partial charge in [-0.1, -0.05) is 13.8 Å². The number of hydrogen-bond acceptors (Lipinski definition) is 4. The summed E-state index contributed by atoms with van der Waals surface area (Å²) in [5, 5.41) is 10.1. The van der Waals surface area contributed by atoms with Gasteiger partial charge in [0.15, 0.2) is 0 Å². The zero-order valence-corrected chi connectivity index (χ0v) is 10.7. The Labute approximate surface area is 102 Å². The Kier molecular flexibility index (Phi) is 5.62. The van der Waals surface area contributed by atoms with Gasteiger partial charge in [0.05, 0.1) is 6.54 Å². The Bertz CT molecular complexity index is 347. The molecule has 6 heteroatoms. The molecule has 0 aliphatic carbocycles. The van der Waals surface area contributed by atoms with Crippen molar-refractivity contribution in [3.05, 3.63) is 12.2 Å². The zero-order valence-electron chi connectivity index (χ0n) is 10.7. The Hall–Kier alpha value is -1.43. The minimum absolute atomic E-state index is 0.00484. The largest absolute Gasteiger partial charge is 0.355 e. The summed E-state index contributed by atoms with van der Waals surface area (Å²) in [6, 6.07) is 0. The lowest BCUT2D eigenvalue weighted by Gasteiger charge is -2.09. The van der Waals surface area contributed by atoms with E-state index in [0.29, 0.717) is 19.0 Å². The lowest BCUT2D eigenvalue weighted by molar-refractivity contribution is -0.118. The van der Waals surface area contributed by atoms with E-state index in [1.165, 1.54) is 6.92 Å². The van der Waals surface area contributed by atoms with Crippen LogP contribution in [0, 0.1) is 5.92 Å². The van der Waals surface area contributed by atoms with Crippen LogP contribution in [-0.4, -0.2) is 33.8 Å². The Morgan fingerprint density at radius 2 is 2.24 bits per heavy atom. The van der Waals surface area contributed by atoms with Crippen molar-refractivity contribution < 1.29 is 4.79 Å². The van der Waals surface area contributed by atoms with Gasteiger partial charge in [0.1, 0.15) is 12.2 Å². The molecule has 1 aromatic heterocycles. The van der Waals surface area contributed by atoms with Gasteiger partial charge in [-0.05, 0) is 5.92 Å². The molecule has 0 aliphatic rings. The molecule has 96 valence electrons. The van der Waals surface area contributed by atoms with Crippen LogP contribution in [0.5, 0.6) is 0 Å². The number of carbonyl (C=O) groups is 1. The Morgan fingerprint density at radius 1 is 1.47 bits per heavy atom. The molecule has 0 aliphatic heterocycles. The summed E-state index contributed by atoms with van der Waals surface area (Å²) in [4.78, 5) is 14.8. The Morgan fingerprint density at radius 3 is 2.88 bits per heavy atom. The summed E-state index contributed by atoms with van der Waals surface area (Å²) in [6.45, 7) is 8.72. The second kappa shape index (κ2) is 7.01. The lowest BCUT2D eigenvalue weighted by atomic mass is 10.2. The van der Waals surface area contributed by atoms with Crippen molar-refractivity contribution in [3.8, 4) is 0 Å². The Balaban J connectivity index is 2.26. The maximum atomic E-state index is 10.6. The highest BCUT2D eigenvalue weighted by Crippen LogP contribution is 2.00. The van der Waals surface area contributed by atoms with Gasteiger partial charge >= 0.3 is 0 Å². The molecule has 0 fully saturated rings. The van der Waals surface area contributed by atoms with E-state index >= 15 is 0 Å². The number of carbonyl (C=O) groups excluding carboxylic acids is 1. The molecule has 1 amide bonds. The molecule has 0 saturated carbocycles. The first kappa shape index (κ1) is 13.6. The van der Waals surface area contributed by atoms with Gasteiger partial charge in [-0.3, -0.25) is 4.79 Å². The van der Waals surface area contributed by atoms with Crippen LogP contribution in [0.25, 0.3) is 0 Å². The van der Waals surface area contributed by atoms with Crippen LogP contribution in [0.2, 0.25) is 0 Å². The summed E-state index contributed by atoms with van der Waals surface area (Å²) in [7, 11) is 0. The molecular weight excluding hydrogens is 218 g/mol. The average molecular weight is 239 g/mol. The van der Waals surface area contributed by atoms with Crippen LogP contribution in [0.4, 0.5) is 0 Å². The number of rotatable bonds is 7. The van der Waals surface area contributed by atoms with Crippen molar-refractivity contribution in [1.29, 1.82) is 0 Å². The van der Waals surface area contributed by atoms with Crippen LogP contribution >= 0.6 is 0 Å². The topological polar surface area (TPSA) is 71.8 Å². The summed E-state index contributed by atoms with van der Waals surface area (Å²) in [6.07, 6.45) is 1.58. The SMILES string of the molecule is CC(=O)NCCNCc1ncnn1CC(C)C. The van der Waals surface area contributed by atoms with E-state index in [-0.39, 0.29) is 5.91 Å². The van der Waals surface area contributed by atoms with E-state index < -0.39 is 0 Å². The summed E-state index contributed by atoms with van der Waals surface area (Å²) in [5.74, 6) is 1.48. The summed E-state index contributed by atoms with van der Waals surface area (Å²) >= 11 is 0. The van der Waals surface area contributed by atoms with E-state index in [9.17, 15) is 4.79 Å². The third-order valence-corrected chi connectivity index (χ3v) is 2.19. The molecule has 0 aromatic carbocycles. The second-order valence-corrected chi connectivity index (χ2v) is 4.41. The van der Waals surface area contributed by atoms with Crippen molar-refractivity contribution in [1.82, 2.24) is 25.4 Å². The number of nitrogens with zero attached hydrogens (tertiary/aromatic N) is 3. The van der Waals surface area contributed by atoms with Crippen molar-refractivity contribution in [2.75, 3.05) is 13.1 Å². The first-order valence-corrected chi connectivity index (χ1v) is 5.91. The highest BCUT2D eigenvalue weighted by molar-refractivity contribution is 5.72. The highest BCUT2D eigenvalue weighted by atomic mass is 16.1. The number of aromatic nitrogens is 3. The van der Waals surface area contributed by atoms with Gasteiger partial charge in [-0.25, -0.2) is 9.67 Å². The summed E-state index contributed by atoms with van der Waals surface area (Å²) < 4.78 is 1.91. The molecule has 17 heavy (non-hydrogen) atoms. The monoisotopic (exact) mass is 239 g/mol. The highest BCUT2D eigenvalue weighted by Gasteiger charge is 2.05. The summed E-state index contributed by atoms with van der Waals surface area (Å²) in [5.41, 5.74) is 0. The molecule has 1 aromatic rings. The normalized spacial score (nSPS) is 10.8. The van der Waals surface area contributed by atoms with E-state index in [4.69, 9.17) is 0 Å². The molecule has 1 heterocycles. The van der Waals surface area contributed by atoms with Crippen LogP contribution < -0.4 is 10.6 Å². The van der Waals surface area contributed by atoms with Gasteiger partial charge in [-0.15, -0.1) is 0 Å². The number of hydrogen-bond donors (Lipinski definition) is 2. The first-order valence-electron chi connectivity index (χ1n) is 5.91. The lowest BCUT2D eigenvalue weighted by Crippen LogP contribution is -2.30. The molecule has 0 radical (unpaired) electrons. The van der Waals surface area contributed by atoms with Gasteiger partial charge in [0.25, 0.3) is 0 Å².